The number of hydrogen-bond donors (Lipinski definition) is 2. The average molecular weight is 463 g/mol. The summed E-state index contributed by atoms with van der Waals surface area (Å²) in [5.74, 6) is 1.67. The van der Waals surface area contributed by atoms with Gasteiger partial charge in [-0.25, -0.2) is 9.97 Å². The van der Waals surface area contributed by atoms with Crippen molar-refractivity contribution in [3.8, 4) is 11.3 Å². The van der Waals surface area contributed by atoms with Crippen molar-refractivity contribution in [1.82, 2.24) is 25.3 Å². The van der Waals surface area contributed by atoms with Crippen molar-refractivity contribution in [2.24, 2.45) is 11.3 Å². The number of halogens is 2. The summed E-state index contributed by atoms with van der Waals surface area (Å²) in [7, 11) is 2.73. The molecule has 1 aliphatic carbocycles. The van der Waals surface area contributed by atoms with E-state index in [-0.39, 0.29) is 0 Å². The van der Waals surface area contributed by atoms with Crippen LogP contribution in [-0.2, 0) is 0 Å². The summed E-state index contributed by atoms with van der Waals surface area (Å²) >= 11 is 12.6. The molecule has 5 rings (SSSR count). The molecule has 2 fully saturated rings. The van der Waals surface area contributed by atoms with Gasteiger partial charge in [0.15, 0.2) is 0 Å². The van der Waals surface area contributed by atoms with Gasteiger partial charge in [0.25, 0.3) is 0 Å². The van der Waals surface area contributed by atoms with Crippen molar-refractivity contribution in [3.05, 3.63) is 34.4 Å². The van der Waals surface area contributed by atoms with Crippen molar-refractivity contribution < 1.29 is 0 Å². The number of rotatable bonds is 3. The molecule has 9 heteroatoms. The normalized spacial score (nSPS) is 23.5. The molecule has 0 bridgehead atoms. The Hall–Kier alpha value is -1.46. The molecule has 0 amide bonds. The molecule has 3 heterocycles. The second-order valence-corrected chi connectivity index (χ2v) is 9.83. The first-order valence-corrected chi connectivity index (χ1v) is 11.7. The van der Waals surface area contributed by atoms with E-state index in [1.54, 1.807) is 6.07 Å². The Balaban J connectivity index is 1.39. The van der Waals surface area contributed by atoms with Gasteiger partial charge in [-0.3, -0.25) is 10.2 Å². The van der Waals surface area contributed by atoms with Gasteiger partial charge < -0.3 is 4.90 Å². The Morgan fingerprint density at radius 2 is 2.07 bits per heavy atom. The number of H-pyrrole nitrogens is 1. The SMILES string of the molecule is CC1C[C@@H](NP)C2(CCN(c3cnc4c(-c5cccc(Cl)c5Cl)[nH]nc4n3)CC2)C1. The molecule has 1 saturated carbocycles. The quantitative estimate of drug-likeness (QED) is 0.530. The highest BCUT2D eigenvalue weighted by Gasteiger charge is 2.46. The summed E-state index contributed by atoms with van der Waals surface area (Å²) < 4.78 is 0. The maximum atomic E-state index is 6.39. The minimum atomic E-state index is 0.401. The molecule has 1 aromatic carbocycles. The molecule has 0 radical (unpaired) electrons. The van der Waals surface area contributed by atoms with Crippen LogP contribution in [0.3, 0.4) is 0 Å². The molecular formula is C21H25Cl2N6P. The largest absolute Gasteiger partial charge is 0.355 e. The lowest BCUT2D eigenvalue weighted by Gasteiger charge is -2.43. The lowest BCUT2D eigenvalue weighted by atomic mass is 9.74. The third-order valence-corrected chi connectivity index (χ3v) is 8.11. The van der Waals surface area contributed by atoms with Crippen LogP contribution in [0.15, 0.2) is 24.4 Å². The minimum Gasteiger partial charge on any atom is -0.355 e. The third-order valence-electron chi connectivity index (χ3n) is 6.89. The highest BCUT2D eigenvalue weighted by Crippen LogP contribution is 2.49. The number of aromatic amines is 1. The maximum Gasteiger partial charge on any atom is 0.202 e. The number of fused-ring (bicyclic) bond motifs is 1. The predicted molar refractivity (Wildman–Crippen MR) is 126 cm³/mol. The van der Waals surface area contributed by atoms with Gasteiger partial charge in [0.05, 0.1) is 21.9 Å². The second kappa shape index (κ2) is 7.90. The molecule has 6 nitrogen and oxygen atoms in total. The van der Waals surface area contributed by atoms with Crippen molar-refractivity contribution >= 4 is 49.6 Å². The van der Waals surface area contributed by atoms with E-state index < -0.39 is 0 Å². The van der Waals surface area contributed by atoms with Gasteiger partial charge in [-0.05, 0) is 43.1 Å². The van der Waals surface area contributed by atoms with E-state index in [0.717, 1.165) is 36.1 Å². The topological polar surface area (TPSA) is 69.7 Å². The third kappa shape index (κ3) is 3.38. The summed E-state index contributed by atoms with van der Waals surface area (Å²) in [6, 6.07) is 6.12. The summed E-state index contributed by atoms with van der Waals surface area (Å²) in [4.78, 5) is 11.8. The molecule has 2 unspecified atom stereocenters. The molecule has 30 heavy (non-hydrogen) atoms. The van der Waals surface area contributed by atoms with Crippen LogP contribution in [0.4, 0.5) is 5.82 Å². The summed E-state index contributed by atoms with van der Waals surface area (Å²) in [5, 5.41) is 11.9. The number of hydrogen-bond acceptors (Lipinski definition) is 5. The van der Waals surface area contributed by atoms with Gasteiger partial charge in [-0.2, -0.15) is 5.10 Å². The van der Waals surface area contributed by atoms with Gasteiger partial charge in [0, 0.05) is 24.7 Å². The number of aromatic nitrogens is 4. The van der Waals surface area contributed by atoms with Gasteiger partial charge in [0.1, 0.15) is 11.3 Å². The Morgan fingerprint density at radius 1 is 1.27 bits per heavy atom. The van der Waals surface area contributed by atoms with E-state index in [4.69, 9.17) is 28.2 Å². The Bertz CT molecular complexity index is 1080. The molecule has 2 aromatic heterocycles. The Kier molecular flexibility index (Phi) is 5.39. The first-order valence-electron chi connectivity index (χ1n) is 10.4. The minimum absolute atomic E-state index is 0.401. The lowest BCUT2D eigenvalue weighted by molar-refractivity contribution is 0.185. The van der Waals surface area contributed by atoms with Crippen LogP contribution in [0.5, 0.6) is 0 Å². The highest BCUT2D eigenvalue weighted by atomic mass is 35.5. The fourth-order valence-electron chi connectivity index (χ4n) is 5.37. The molecule has 3 aromatic rings. The molecule has 158 valence electrons. The zero-order valence-electron chi connectivity index (χ0n) is 16.8. The number of benzene rings is 1. The van der Waals surface area contributed by atoms with Crippen molar-refractivity contribution in [3.63, 3.8) is 0 Å². The smallest absolute Gasteiger partial charge is 0.202 e. The Labute approximate surface area is 188 Å². The van der Waals surface area contributed by atoms with Gasteiger partial charge in [-0.1, -0.05) is 51.6 Å². The number of anilines is 1. The van der Waals surface area contributed by atoms with E-state index in [9.17, 15) is 0 Å². The summed E-state index contributed by atoms with van der Waals surface area (Å²) in [5.41, 5.74) is 3.22. The Morgan fingerprint density at radius 3 is 2.83 bits per heavy atom. The number of nitrogens with zero attached hydrogens (tertiary/aromatic N) is 4. The van der Waals surface area contributed by atoms with Crippen LogP contribution in [-0.4, -0.2) is 39.3 Å². The first-order chi connectivity index (χ1) is 14.5. The fraction of sp³-hybridized carbons (Fsp3) is 0.476. The predicted octanol–water partition coefficient (Wildman–Crippen LogP) is 5.09. The van der Waals surface area contributed by atoms with E-state index in [1.165, 1.54) is 25.7 Å². The van der Waals surface area contributed by atoms with Crippen LogP contribution in [0.2, 0.25) is 10.0 Å². The summed E-state index contributed by atoms with van der Waals surface area (Å²) in [6.45, 7) is 4.36. The van der Waals surface area contributed by atoms with E-state index in [0.29, 0.717) is 32.7 Å². The van der Waals surface area contributed by atoms with Crippen LogP contribution in [0, 0.1) is 11.3 Å². The standard InChI is InChI=1S/C21H25Cl2N6P/c1-12-9-15(28-30)21(10-12)5-7-29(8-6-21)16-11-24-19-18(26-27-20(19)25-16)13-3-2-4-14(22)17(13)23/h2-4,11-12,15,28H,5-10,30H2,1H3,(H,25,26,27)/t12?,15-/m1/s1. The van der Waals surface area contributed by atoms with Crippen LogP contribution >= 0.6 is 32.6 Å². The van der Waals surface area contributed by atoms with Crippen molar-refractivity contribution in [1.29, 1.82) is 0 Å². The van der Waals surface area contributed by atoms with Crippen LogP contribution in [0.25, 0.3) is 22.4 Å². The zero-order valence-corrected chi connectivity index (χ0v) is 19.5. The van der Waals surface area contributed by atoms with Gasteiger partial charge >= 0.3 is 0 Å². The van der Waals surface area contributed by atoms with E-state index in [1.807, 2.05) is 18.3 Å². The van der Waals surface area contributed by atoms with Crippen LogP contribution < -0.4 is 9.99 Å². The van der Waals surface area contributed by atoms with Gasteiger partial charge in [-0.15, -0.1) is 0 Å². The number of piperidine rings is 1. The number of nitrogens with one attached hydrogen (secondary N) is 2. The maximum absolute atomic E-state index is 6.39. The van der Waals surface area contributed by atoms with Crippen molar-refractivity contribution in [2.45, 2.75) is 38.6 Å². The van der Waals surface area contributed by atoms with Crippen LogP contribution in [0.1, 0.15) is 32.6 Å². The zero-order chi connectivity index (χ0) is 20.9. The lowest BCUT2D eigenvalue weighted by Crippen LogP contribution is -2.47. The average Bonchev–Trinajstić information content (AvgIpc) is 3.30. The summed E-state index contributed by atoms with van der Waals surface area (Å²) in [6.07, 6.45) is 6.76. The second-order valence-electron chi connectivity index (χ2n) is 8.71. The van der Waals surface area contributed by atoms with Gasteiger partial charge in [0.2, 0.25) is 5.65 Å². The molecule has 2 aliphatic rings. The van der Waals surface area contributed by atoms with Crippen molar-refractivity contribution in [2.75, 3.05) is 18.0 Å². The molecular weight excluding hydrogens is 438 g/mol. The molecule has 1 saturated heterocycles. The monoisotopic (exact) mass is 462 g/mol. The molecule has 1 spiro atoms. The van der Waals surface area contributed by atoms with E-state index >= 15 is 0 Å². The molecule has 2 N–H and O–H groups in total. The van der Waals surface area contributed by atoms with E-state index in [2.05, 4.69) is 41.5 Å². The molecule has 1 aliphatic heterocycles. The fourth-order valence-corrected chi connectivity index (χ4v) is 6.26. The first kappa shape index (κ1) is 20.4. The highest BCUT2D eigenvalue weighted by molar-refractivity contribution is 7.13. The molecule has 3 atom stereocenters.